The third-order valence-electron chi connectivity index (χ3n) is 2.09. The van der Waals surface area contributed by atoms with Crippen molar-refractivity contribution in [1.82, 2.24) is 14.8 Å². The van der Waals surface area contributed by atoms with Crippen molar-refractivity contribution in [3.8, 4) is 11.4 Å². The second-order valence-electron chi connectivity index (χ2n) is 3.24. The van der Waals surface area contributed by atoms with Crippen molar-refractivity contribution in [2.75, 3.05) is 0 Å². The van der Waals surface area contributed by atoms with Crippen molar-refractivity contribution in [2.45, 2.75) is 6.54 Å². The fraction of sp³-hybridized carbons (Fsp3) is 0.200. The summed E-state index contributed by atoms with van der Waals surface area (Å²) in [6.45, 7) is 0.391. The number of hydrogen-bond donors (Lipinski definition) is 1. The Morgan fingerprint density at radius 3 is 2.87 bits per heavy atom. The highest BCUT2D eigenvalue weighted by molar-refractivity contribution is 5.57. The van der Waals surface area contributed by atoms with Gasteiger partial charge >= 0.3 is 0 Å². The molecule has 0 saturated heterocycles. The van der Waals surface area contributed by atoms with Gasteiger partial charge in [-0.3, -0.25) is 9.67 Å². The van der Waals surface area contributed by atoms with Crippen LogP contribution < -0.4 is 5.73 Å². The van der Waals surface area contributed by atoms with Crippen molar-refractivity contribution in [2.24, 2.45) is 12.8 Å². The third kappa shape index (κ3) is 1.87. The fourth-order valence-electron chi connectivity index (χ4n) is 1.42. The van der Waals surface area contributed by atoms with Gasteiger partial charge in [-0.05, 0) is 12.1 Å². The maximum Gasteiger partial charge on any atom is 0.141 e. The zero-order valence-corrected chi connectivity index (χ0v) is 8.31. The highest BCUT2D eigenvalue weighted by Crippen LogP contribution is 2.19. The fourth-order valence-corrected chi connectivity index (χ4v) is 1.42. The summed E-state index contributed by atoms with van der Waals surface area (Å²) in [4.78, 5) is 3.96. The number of aromatic nitrogens is 3. The summed E-state index contributed by atoms with van der Waals surface area (Å²) in [6, 6.07) is 2.95. The summed E-state index contributed by atoms with van der Waals surface area (Å²) in [5, 5.41) is 4.23. The number of pyridine rings is 1. The normalized spacial score (nSPS) is 10.6. The van der Waals surface area contributed by atoms with E-state index in [1.54, 1.807) is 10.7 Å². The Morgan fingerprint density at radius 1 is 1.47 bits per heavy atom. The Kier molecular flexibility index (Phi) is 2.47. The minimum atomic E-state index is -0.357. The van der Waals surface area contributed by atoms with Crippen LogP contribution in [0, 0.1) is 5.82 Å². The number of aryl methyl sites for hydroxylation is 1. The maximum absolute atomic E-state index is 12.7. The second kappa shape index (κ2) is 3.78. The van der Waals surface area contributed by atoms with Crippen molar-refractivity contribution in [3.05, 3.63) is 35.9 Å². The van der Waals surface area contributed by atoms with E-state index < -0.39 is 0 Å². The minimum absolute atomic E-state index is 0.357. The molecule has 2 aromatic rings. The van der Waals surface area contributed by atoms with E-state index in [0.717, 1.165) is 5.56 Å². The van der Waals surface area contributed by atoms with Gasteiger partial charge in [0, 0.05) is 25.4 Å². The Balaban J connectivity index is 2.48. The maximum atomic E-state index is 12.7. The molecule has 2 aromatic heterocycles. The quantitative estimate of drug-likeness (QED) is 0.799. The molecule has 2 heterocycles. The molecule has 0 bridgehead atoms. The highest BCUT2D eigenvalue weighted by Gasteiger charge is 2.09. The predicted molar refractivity (Wildman–Crippen MR) is 54.3 cm³/mol. The molecule has 0 atom stereocenters. The summed E-state index contributed by atoms with van der Waals surface area (Å²) >= 11 is 0. The summed E-state index contributed by atoms with van der Waals surface area (Å²) in [6.07, 6.45) is 3.00. The lowest BCUT2D eigenvalue weighted by atomic mass is 10.2. The van der Waals surface area contributed by atoms with Crippen LogP contribution in [0.15, 0.2) is 24.5 Å². The van der Waals surface area contributed by atoms with Crippen LogP contribution in [-0.2, 0) is 13.6 Å². The van der Waals surface area contributed by atoms with Crippen molar-refractivity contribution < 1.29 is 4.39 Å². The van der Waals surface area contributed by atoms with Gasteiger partial charge in [0.15, 0.2) is 0 Å². The highest BCUT2D eigenvalue weighted by atomic mass is 19.1. The van der Waals surface area contributed by atoms with Gasteiger partial charge in [0.1, 0.15) is 11.5 Å². The summed E-state index contributed by atoms with van der Waals surface area (Å²) in [5.74, 6) is -0.357. The van der Waals surface area contributed by atoms with Gasteiger partial charge in [-0.25, -0.2) is 4.39 Å². The van der Waals surface area contributed by atoms with Crippen LogP contribution in [0.2, 0.25) is 0 Å². The second-order valence-corrected chi connectivity index (χ2v) is 3.24. The van der Waals surface area contributed by atoms with E-state index in [2.05, 4.69) is 10.1 Å². The molecule has 4 nitrogen and oxygen atoms in total. The lowest BCUT2D eigenvalue weighted by Crippen LogP contribution is -1.97. The van der Waals surface area contributed by atoms with Crippen molar-refractivity contribution in [3.63, 3.8) is 0 Å². The van der Waals surface area contributed by atoms with E-state index in [-0.39, 0.29) is 5.82 Å². The van der Waals surface area contributed by atoms with Gasteiger partial charge < -0.3 is 5.73 Å². The number of rotatable bonds is 2. The van der Waals surface area contributed by atoms with Crippen LogP contribution >= 0.6 is 0 Å². The standard InChI is InChI=1S/C10H11FN4/c1-15-6-7(4-12)10(14-15)9-3-2-8(11)5-13-9/h2-3,5-6H,4,12H2,1H3. The number of nitrogens with two attached hydrogens (primary N) is 1. The van der Waals surface area contributed by atoms with Gasteiger partial charge in [0.2, 0.25) is 0 Å². The number of halogens is 1. The Bertz CT molecular complexity index is 461. The van der Waals surface area contributed by atoms with Gasteiger partial charge in [-0.15, -0.1) is 0 Å². The minimum Gasteiger partial charge on any atom is -0.326 e. The van der Waals surface area contributed by atoms with Gasteiger partial charge in [0.05, 0.1) is 11.9 Å². The van der Waals surface area contributed by atoms with Crippen LogP contribution in [0.25, 0.3) is 11.4 Å². The molecular weight excluding hydrogens is 195 g/mol. The molecule has 0 radical (unpaired) electrons. The molecule has 0 fully saturated rings. The molecule has 0 unspecified atom stereocenters. The van der Waals surface area contributed by atoms with E-state index in [9.17, 15) is 4.39 Å². The Morgan fingerprint density at radius 2 is 2.27 bits per heavy atom. The third-order valence-corrected chi connectivity index (χ3v) is 2.09. The SMILES string of the molecule is Cn1cc(CN)c(-c2ccc(F)cn2)n1. The zero-order valence-electron chi connectivity index (χ0n) is 8.31. The molecule has 78 valence electrons. The van der Waals surface area contributed by atoms with Gasteiger partial charge in [-0.2, -0.15) is 5.10 Å². The van der Waals surface area contributed by atoms with Crippen LogP contribution in [0.1, 0.15) is 5.56 Å². The number of nitrogens with zero attached hydrogens (tertiary/aromatic N) is 3. The molecule has 2 rings (SSSR count). The lowest BCUT2D eigenvalue weighted by Gasteiger charge is -1.98. The summed E-state index contributed by atoms with van der Waals surface area (Å²) in [5.41, 5.74) is 7.82. The number of hydrogen-bond acceptors (Lipinski definition) is 3. The molecule has 0 aromatic carbocycles. The van der Waals surface area contributed by atoms with E-state index in [1.165, 1.54) is 12.3 Å². The van der Waals surface area contributed by atoms with E-state index in [4.69, 9.17) is 5.73 Å². The molecule has 0 aliphatic rings. The topological polar surface area (TPSA) is 56.7 Å². The van der Waals surface area contributed by atoms with Gasteiger partial charge in [0.25, 0.3) is 0 Å². The average Bonchev–Trinajstić information content (AvgIpc) is 2.61. The van der Waals surface area contributed by atoms with E-state index in [0.29, 0.717) is 17.9 Å². The molecule has 15 heavy (non-hydrogen) atoms. The first-order valence-corrected chi connectivity index (χ1v) is 4.55. The van der Waals surface area contributed by atoms with Gasteiger partial charge in [-0.1, -0.05) is 0 Å². The zero-order chi connectivity index (χ0) is 10.8. The van der Waals surface area contributed by atoms with E-state index in [1.807, 2.05) is 13.2 Å². The first-order valence-electron chi connectivity index (χ1n) is 4.55. The summed E-state index contributed by atoms with van der Waals surface area (Å²) in [7, 11) is 1.81. The first-order chi connectivity index (χ1) is 7.20. The molecule has 0 aliphatic heterocycles. The first kappa shape index (κ1) is 9.79. The molecular formula is C10H11FN4. The lowest BCUT2D eigenvalue weighted by molar-refractivity contribution is 0.621. The largest absolute Gasteiger partial charge is 0.326 e. The van der Waals surface area contributed by atoms with Crippen molar-refractivity contribution in [1.29, 1.82) is 0 Å². The average molecular weight is 206 g/mol. The van der Waals surface area contributed by atoms with Crippen LogP contribution in [0.5, 0.6) is 0 Å². The van der Waals surface area contributed by atoms with Crippen LogP contribution in [-0.4, -0.2) is 14.8 Å². The molecule has 0 saturated carbocycles. The Hall–Kier alpha value is -1.75. The van der Waals surface area contributed by atoms with Crippen LogP contribution in [0.3, 0.4) is 0 Å². The van der Waals surface area contributed by atoms with Crippen LogP contribution in [0.4, 0.5) is 4.39 Å². The van der Waals surface area contributed by atoms with Crippen molar-refractivity contribution >= 4 is 0 Å². The smallest absolute Gasteiger partial charge is 0.141 e. The molecule has 2 N–H and O–H groups in total. The Labute approximate surface area is 86.6 Å². The van der Waals surface area contributed by atoms with E-state index >= 15 is 0 Å². The molecule has 0 spiro atoms. The molecule has 0 amide bonds. The monoisotopic (exact) mass is 206 g/mol. The summed E-state index contributed by atoms with van der Waals surface area (Å²) < 4.78 is 14.3. The molecule has 5 heteroatoms. The molecule has 0 aliphatic carbocycles. The predicted octanol–water partition coefficient (Wildman–Crippen LogP) is 1.08.